The highest BCUT2D eigenvalue weighted by molar-refractivity contribution is 5.85. The van der Waals surface area contributed by atoms with Gasteiger partial charge in [-0.3, -0.25) is 9.80 Å². The van der Waals surface area contributed by atoms with Gasteiger partial charge in [-0.25, -0.2) is 9.07 Å². The molecule has 0 radical (unpaired) electrons. The maximum Gasteiger partial charge on any atom is 0.173 e. The number of tetrazole rings is 1. The lowest BCUT2D eigenvalue weighted by Crippen LogP contribution is -2.51. The number of rotatable bonds is 7. The number of benzene rings is 2. The number of hydrogen-bond acceptors (Lipinski definition) is 6. The first-order chi connectivity index (χ1) is 16.2. The fraction of sp³-hybridized carbons (Fsp3) is 0.480. The van der Waals surface area contributed by atoms with Crippen LogP contribution >= 0.6 is 12.4 Å². The Morgan fingerprint density at radius 1 is 1.00 bits per heavy atom. The second-order valence-electron chi connectivity index (χ2n) is 8.98. The molecule has 182 valence electrons. The van der Waals surface area contributed by atoms with E-state index in [0.717, 1.165) is 54.9 Å². The molecule has 3 aromatic rings. The topological polar surface area (TPSA) is 59.3 Å². The summed E-state index contributed by atoms with van der Waals surface area (Å²) in [7, 11) is 1.70. The number of halogens is 2. The highest BCUT2D eigenvalue weighted by Gasteiger charge is 2.34. The summed E-state index contributed by atoms with van der Waals surface area (Å²) in [4.78, 5) is 5.13. The van der Waals surface area contributed by atoms with Crippen molar-refractivity contribution in [1.82, 2.24) is 30.0 Å². The molecule has 0 bridgehead atoms. The minimum atomic E-state index is -0.247. The number of para-hydroxylation sites is 1. The van der Waals surface area contributed by atoms with E-state index in [1.165, 1.54) is 37.8 Å². The van der Waals surface area contributed by atoms with Gasteiger partial charge in [-0.1, -0.05) is 43.2 Å². The molecule has 7 nitrogen and oxygen atoms in total. The van der Waals surface area contributed by atoms with Crippen molar-refractivity contribution >= 4 is 12.4 Å². The first kappa shape index (κ1) is 24.6. The van der Waals surface area contributed by atoms with E-state index >= 15 is 0 Å². The highest BCUT2D eigenvalue weighted by atomic mass is 35.5. The quantitative estimate of drug-likeness (QED) is 0.504. The summed E-state index contributed by atoms with van der Waals surface area (Å²) < 4.78 is 21.0. The fourth-order valence-corrected chi connectivity index (χ4v) is 5.30. The second kappa shape index (κ2) is 11.3. The third kappa shape index (κ3) is 5.24. The lowest BCUT2D eigenvalue weighted by atomic mass is 10.0. The van der Waals surface area contributed by atoms with Crippen LogP contribution in [-0.2, 0) is 6.54 Å². The van der Waals surface area contributed by atoms with Gasteiger partial charge in [0.2, 0.25) is 0 Å². The Morgan fingerprint density at radius 3 is 2.41 bits per heavy atom. The molecule has 0 N–H and O–H groups in total. The molecule has 1 saturated carbocycles. The van der Waals surface area contributed by atoms with Gasteiger partial charge in [0.25, 0.3) is 0 Å². The monoisotopic (exact) mass is 486 g/mol. The minimum absolute atomic E-state index is 0. The predicted molar refractivity (Wildman–Crippen MR) is 131 cm³/mol. The van der Waals surface area contributed by atoms with Gasteiger partial charge >= 0.3 is 0 Å². The van der Waals surface area contributed by atoms with Crippen molar-refractivity contribution in [3.63, 3.8) is 0 Å². The molecule has 1 aliphatic heterocycles. The normalized spacial score (nSPS) is 18.5. The molecule has 1 aliphatic carbocycles. The van der Waals surface area contributed by atoms with E-state index in [1.54, 1.807) is 19.2 Å². The summed E-state index contributed by atoms with van der Waals surface area (Å²) in [6.07, 6.45) is 5.36. The molecule has 2 aliphatic rings. The smallest absolute Gasteiger partial charge is 0.173 e. The molecule has 9 heteroatoms. The zero-order valence-electron chi connectivity index (χ0n) is 19.5. The van der Waals surface area contributed by atoms with Crippen LogP contribution in [0.2, 0.25) is 0 Å². The molecular weight excluding hydrogens is 455 g/mol. The fourth-order valence-electron chi connectivity index (χ4n) is 5.30. The van der Waals surface area contributed by atoms with Crippen molar-refractivity contribution in [2.75, 3.05) is 33.3 Å². The maximum absolute atomic E-state index is 13.4. The van der Waals surface area contributed by atoms with E-state index in [4.69, 9.17) is 4.74 Å². The van der Waals surface area contributed by atoms with Gasteiger partial charge in [0, 0.05) is 37.8 Å². The Labute approximate surface area is 206 Å². The Hall–Kier alpha value is -2.55. The Kier molecular flexibility index (Phi) is 8.13. The highest BCUT2D eigenvalue weighted by Crippen LogP contribution is 2.35. The molecule has 1 unspecified atom stereocenters. The average Bonchev–Trinajstić information content (AvgIpc) is 3.55. The van der Waals surface area contributed by atoms with Crippen LogP contribution in [0.3, 0.4) is 0 Å². The van der Waals surface area contributed by atoms with E-state index in [-0.39, 0.29) is 24.3 Å². The van der Waals surface area contributed by atoms with Crippen LogP contribution in [0, 0.1) is 5.82 Å². The number of ether oxygens (including phenoxy) is 1. The Morgan fingerprint density at radius 2 is 1.71 bits per heavy atom. The van der Waals surface area contributed by atoms with Crippen LogP contribution in [0.15, 0.2) is 48.5 Å². The summed E-state index contributed by atoms with van der Waals surface area (Å²) in [6.45, 7) is 4.48. The van der Waals surface area contributed by atoms with Crippen LogP contribution in [0.4, 0.5) is 4.39 Å². The minimum Gasteiger partial charge on any atom is -0.496 e. The lowest BCUT2D eigenvalue weighted by Gasteiger charge is -2.41. The van der Waals surface area contributed by atoms with Crippen molar-refractivity contribution in [1.29, 1.82) is 0 Å². The van der Waals surface area contributed by atoms with Crippen molar-refractivity contribution in [3.8, 4) is 5.75 Å². The first-order valence-electron chi connectivity index (χ1n) is 11.8. The van der Waals surface area contributed by atoms with Gasteiger partial charge in [-0.2, -0.15) is 0 Å². The predicted octanol–water partition coefficient (Wildman–Crippen LogP) is 3.94. The standard InChI is InChI=1S/C25H31FN6O.ClH/c1-33-23-9-5-4-8-22(23)24(31-16-14-30(15-17-31)21-6-2-3-7-21)25-27-28-29-32(25)18-19-10-12-20(26)13-11-19;/h4-5,8-13,21,24H,2-3,6-7,14-18H2,1H3;1H. The van der Waals surface area contributed by atoms with Crippen LogP contribution in [0.25, 0.3) is 0 Å². The molecule has 2 heterocycles. The third-order valence-electron chi connectivity index (χ3n) is 7.04. The third-order valence-corrected chi connectivity index (χ3v) is 7.04. The lowest BCUT2D eigenvalue weighted by molar-refractivity contribution is 0.0764. The molecule has 2 aromatic carbocycles. The molecule has 34 heavy (non-hydrogen) atoms. The summed E-state index contributed by atoms with van der Waals surface area (Å²) in [5.74, 6) is 1.36. The summed E-state index contributed by atoms with van der Waals surface area (Å²) in [6, 6.07) is 15.2. The summed E-state index contributed by atoms with van der Waals surface area (Å²) in [5.41, 5.74) is 2.01. The molecular formula is C25H32ClFN6O. The molecule has 0 spiro atoms. The van der Waals surface area contributed by atoms with E-state index in [0.29, 0.717) is 6.54 Å². The number of nitrogens with zero attached hydrogens (tertiary/aromatic N) is 6. The van der Waals surface area contributed by atoms with E-state index in [1.807, 2.05) is 22.9 Å². The van der Waals surface area contributed by atoms with Gasteiger partial charge in [0.05, 0.1) is 13.7 Å². The first-order valence-corrected chi connectivity index (χ1v) is 11.8. The van der Waals surface area contributed by atoms with Gasteiger partial charge in [-0.05, 0) is 47.0 Å². The number of hydrogen-bond donors (Lipinski definition) is 0. The summed E-state index contributed by atoms with van der Waals surface area (Å²) >= 11 is 0. The molecule has 1 saturated heterocycles. The van der Waals surface area contributed by atoms with Crippen LogP contribution < -0.4 is 4.74 Å². The molecule has 5 rings (SSSR count). The molecule has 2 fully saturated rings. The van der Waals surface area contributed by atoms with Gasteiger partial charge in [-0.15, -0.1) is 17.5 Å². The van der Waals surface area contributed by atoms with Crippen molar-refractivity contribution in [3.05, 3.63) is 71.3 Å². The van der Waals surface area contributed by atoms with Crippen molar-refractivity contribution < 1.29 is 9.13 Å². The number of aromatic nitrogens is 4. The number of methoxy groups -OCH3 is 1. The van der Waals surface area contributed by atoms with Crippen LogP contribution in [-0.4, -0.2) is 69.3 Å². The molecule has 1 aromatic heterocycles. The largest absolute Gasteiger partial charge is 0.496 e. The van der Waals surface area contributed by atoms with E-state index < -0.39 is 0 Å². The second-order valence-corrected chi connectivity index (χ2v) is 8.98. The SMILES string of the molecule is COc1ccccc1C(c1nnnn1Cc1ccc(F)cc1)N1CCN(C2CCCC2)CC1.Cl. The Bertz CT molecular complexity index is 1050. The average molecular weight is 487 g/mol. The Balaban J connectivity index is 0.00000274. The van der Waals surface area contributed by atoms with E-state index in [2.05, 4.69) is 31.4 Å². The maximum atomic E-state index is 13.4. The van der Waals surface area contributed by atoms with Gasteiger partial charge < -0.3 is 4.74 Å². The van der Waals surface area contributed by atoms with Crippen molar-refractivity contribution in [2.24, 2.45) is 0 Å². The number of piperazine rings is 1. The van der Waals surface area contributed by atoms with E-state index in [9.17, 15) is 4.39 Å². The molecule has 0 amide bonds. The van der Waals surface area contributed by atoms with Crippen LogP contribution in [0.1, 0.15) is 48.7 Å². The summed E-state index contributed by atoms with van der Waals surface area (Å²) in [5, 5.41) is 12.8. The zero-order valence-corrected chi connectivity index (χ0v) is 20.3. The van der Waals surface area contributed by atoms with Gasteiger partial charge in [0.15, 0.2) is 5.82 Å². The zero-order chi connectivity index (χ0) is 22.6. The van der Waals surface area contributed by atoms with Gasteiger partial charge in [0.1, 0.15) is 17.6 Å². The van der Waals surface area contributed by atoms with Crippen molar-refractivity contribution in [2.45, 2.75) is 44.3 Å². The molecule has 1 atom stereocenters. The van der Waals surface area contributed by atoms with Crippen LogP contribution in [0.5, 0.6) is 5.75 Å².